The van der Waals surface area contributed by atoms with Crippen LogP contribution in [0.5, 0.6) is 0 Å². The maximum Gasteiger partial charge on any atom is 0.251 e. The molecule has 0 radical (unpaired) electrons. The molecule has 2 aromatic rings. The second kappa shape index (κ2) is 11.3. The average molecular weight is 473 g/mol. The van der Waals surface area contributed by atoms with E-state index in [1.54, 1.807) is 0 Å². The second-order valence-corrected chi connectivity index (χ2v) is 9.91. The number of benzene rings is 2. The van der Waals surface area contributed by atoms with Crippen LogP contribution < -0.4 is 16.4 Å². The quantitative estimate of drug-likeness (QED) is 0.515. The topological polar surface area (TPSA) is 87.5 Å². The molecule has 2 amide bonds. The molecule has 0 aromatic heterocycles. The molecule has 0 spiro atoms. The van der Waals surface area contributed by atoms with Crippen molar-refractivity contribution in [2.24, 2.45) is 11.1 Å². The van der Waals surface area contributed by atoms with Gasteiger partial charge in [0.1, 0.15) is 0 Å². The van der Waals surface area contributed by atoms with Crippen molar-refractivity contribution in [3.63, 3.8) is 0 Å². The molecule has 1 heterocycles. The molecule has 180 valence electrons. The van der Waals surface area contributed by atoms with Crippen LogP contribution in [0.4, 0.5) is 0 Å². The van der Waals surface area contributed by atoms with Gasteiger partial charge in [0.2, 0.25) is 5.91 Å². The highest BCUT2D eigenvalue weighted by molar-refractivity contribution is 6.31. The van der Waals surface area contributed by atoms with E-state index in [9.17, 15) is 9.59 Å². The number of carbonyl (C=O) groups is 2. The molecule has 4 N–H and O–H groups in total. The van der Waals surface area contributed by atoms with Gasteiger partial charge < -0.3 is 21.3 Å². The number of halogens is 1. The third-order valence-electron chi connectivity index (χ3n) is 7.10. The molecule has 2 atom stereocenters. The van der Waals surface area contributed by atoms with Crippen LogP contribution in [0.3, 0.4) is 0 Å². The summed E-state index contributed by atoms with van der Waals surface area (Å²) in [7, 11) is 0. The smallest absolute Gasteiger partial charge is 0.251 e. The third-order valence-corrected chi connectivity index (χ3v) is 7.34. The monoisotopic (exact) mass is 472 g/mol. The predicted octanol–water partition coefficient (Wildman–Crippen LogP) is 3.96. The first kappa shape index (κ1) is 25.5. The molecule has 1 aliphatic rings. The van der Waals surface area contributed by atoms with Gasteiger partial charge in [0.25, 0.3) is 5.91 Å². The molecule has 33 heavy (non-hydrogen) atoms. The van der Waals surface area contributed by atoms with E-state index >= 15 is 0 Å². The van der Waals surface area contributed by atoms with Gasteiger partial charge in [-0.25, -0.2) is 0 Å². The summed E-state index contributed by atoms with van der Waals surface area (Å²) in [5, 5.41) is 9.15. The van der Waals surface area contributed by atoms with Crippen LogP contribution in [0.1, 0.15) is 56.8 Å². The minimum atomic E-state index is -0.317. The summed E-state index contributed by atoms with van der Waals surface area (Å²) in [5.74, 6) is -0.00316. The van der Waals surface area contributed by atoms with Crippen LogP contribution in [-0.2, 0) is 4.79 Å². The lowest BCUT2D eigenvalue weighted by Gasteiger charge is -2.34. The third kappa shape index (κ3) is 6.46. The van der Waals surface area contributed by atoms with E-state index in [0.29, 0.717) is 36.6 Å². The van der Waals surface area contributed by atoms with Gasteiger partial charge in [-0.3, -0.25) is 9.59 Å². The molecule has 0 unspecified atom stereocenters. The number of hydrogen-bond donors (Lipinski definition) is 3. The normalized spacial score (nSPS) is 19.5. The van der Waals surface area contributed by atoms with E-state index in [-0.39, 0.29) is 29.3 Å². The first-order valence-electron chi connectivity index (χ1n) is 12.0. The minimum Gasteiger partial charge on any atom is -0.350 e. The molecule has 1 aliphatic heterocycles. The summed E-state index contributed by atoms with van der Waals surface area (Å²) < 4.78 is 0. The van der Waals surface area contributed by atoms with Gasteiger partial charge in [0, 0.05) is 36.3 Å². The Labute approximate surface area is 202 Å². The summed E-state index contributed by atoms with van der Waals surface area (Å²) in [5.41, 5.74) is 6.52. The maximum atomic E-state index is 13.2. The Morgan fingerprint density at radius 2 is 1.91 bits per heavy atom. The number of nitrogens with two attached hydrogens (primary N) is 1. The van der Waals surface area contributed by atoms with Crippen LogP contribution in [0.15, 0.2) is 36.4 Å². The van der Waals surface area contributed by atoms with Crippen molar-refractivity contribution < 1.29 is 9.59 Å². The summed E-state index contributed by atoms with van der Waals surface area (Å²) in [6.07, 6.45) is 3.42. The summed E-state index contributed by atoms with van der Waals surface area (Å²) in [4.78, 5) is 28.0. The fraction of sp³-hybridized carbons (Fsp3) is 0.538. The number of carbonyl (C=O) groups excluding carboxylic acids is 2. The highest BCUT2D eigenvalue weighted by atomic mass is 35.5. The van der Waals surface area contributed by atoms with Crippen LogP contribution in [0, 0.1) is 5.41 Å². The number of nitrogens with one attached hydrogen (secondary N) is 2. The molecule has 1 fully saturated rings. The summed E-state index contributed by atoms with van der Waals surface area (Å²) in [6.45, 7) is 8.93. The molecule has 6 nitrogen and oxygen atoms in total. The lowest BCUT2D eigenvalue weighted by atomic mass is 9.84. The van der Waals surface area contributed by atoms with E-state index in [1.165, 1.54) is 0 Å². The van der Waals surface area contributed by atoms with Gasteiger partial charge in [-0.15, -0.1) is 0 Å². The van der Waals surface area contributed by atoms with Crippen molar-refractivity contribution >= 4 is 34.2 Å². The fourth-order valence-corrected chi connectivity index (χ4v) is 4.56. The van der Waals surface area contributed by atoms with E-state index in [1.807, 2.05) is 41.3 Å². The van der Waals surface area contributed by atoms with Gasteiger partial charge in [-0.05, 0) is 72.7 Å². The Bertz CT molecular complexity index is 976. The van der Waals surface area contributed by atoms with Crippen LogP contribution >= 0.6 is 11.6 Å². The number of fused-ring (bicyclic) bond motifs is 1. The van der Waals surface area contributed by atoms with Gasteiger partial charge in [0.05, 0.1) is 6.04 Å². The number of amides is 2. The highest BCUT2D eigenvalue weighted by Crippen LogP contribution is 2.28. The zero-order valence-corrected chi connectivity index (χ0v) is 20.8. The summed E-state index contributed by atoms with van der Waals surface area (Å²) in [6, 6.07) is 10.9. The van der Waals surface area contributed by atoms with Crippen molar-refractivity contribution in [1.82, 2.24) is 15.5 Å². The van der Waals surface area contributed by atoms with E-state index in [2.05, 4.69) is 31.4 Å². The van der Waals surface area contributed by atoms with Crippen molar-refractivity contribution in [3.8, 4) is 0 Å². The van der Waals surface area contributed by atoms with Crippen LogP contribution in [0.25, 0.3) is 10.8 Å². The predicted molar refractivity (Wildman–Crippen MR) is 136 cm³/mol. The Kier molecular flexibility index (Phi) is 8.74. The van der Waals surface area contributed by atoms with Crippen molar-refractivity contribution in [2.45, 2.75) is 58.5 Å². The zero-order chi connectivity index (χ0) is 24.0. The first-order valence-corrected chi connectivity index (χ1v) is 12.4. The van der Waals surface area contributed by atoms with Crippen molar-refractivity contribution in [2.75, 3.05) is 26.2 Å². The Morgan fingerprint density at radius 1 is 1.21 bits per heavy atom. The SMILES string of the molecule is CCC(C)(CC)CN1CC[C@H](CNC(=O)c2ccc3cc(Cl)ccc3c2)N[C@H](CCN)C1=O. The lowest BCUT2D eigenvalue weighted by molar-refractivity contribution is -0.134. The van der Waals surface area contributed by atoms with Crippen molar-refractivity contribution in [1.29, 1.82) is 0 Å². The Hall–Kier alpha value is -2.15. The van der Waals surface area contributed by atoms with Crippen molar-refractivity contribution in [3.05, 3.63) is 47.0 Å². The lowest BCUT2D eigenvalue weighted by Crippen LogP contribution is -2.50. The molecule has 7 heteroatoms. The molecule has 1 saturated heterocycles. The Morgan fingerprint density at radius 3 is 2.61 bits per heavy atom. The highest BCUT2D eigenvalue weighted by Gasteiger charge is 2.34. The van der Waals surface area contributed by atoms with E-state index < -0.39 is 0 Å². The number of hydrogen-bond acceptors (Lipinski definition) is 4. The molecule has 0 aliphatic carbocycles. The second-order valence-electron chi connectivity index (χ2n) is 9.48. The molecule has 0 bridgehead atoms. The van der Waals surface area contributed by atoms with E-state index in [4.69, 9.17) is 17.3 Å². The summed E-state index contributed by atoms with van der Waals surface area (Å²) >= 11 is 6.06. The van der Waals surface area contributed by atoms with Gasteiger partial charge >= 0.3 is 0 Å². The number of rotatable bonds is 9. The molecule has 3 rings (SSSR count). The maximum absolute atomic E-state index is 13.2. The fourth-order valence-electron chi connectivity index (χ4n) is 4.38. The van der Waals surface area contributed by atoms with E-state index in [0.717, 1.165) is 36.6 Å². The molecular weight excluding hydrogens is 436 g/mol. The standard InChI is InChI=1S/C26H37ClN4O2/c1-4-26(3,5-2)17-31-13-11-22(30-23(10-12-28)25(31)33)16-29-24(32)20-7-6-19-15-21(27)9-8-18(19)14-20/h6-9,14-15,22-23,30H,4-5,10-13,16-17,28H2,1-3H3,(H,29,32)/t22-,23-/m1/s1. The number of nitrogens with zero attached hydrogens (tertiary/aromatic N) is 1. The first-order chi connectivity index (χ1) is 15.8. The van der Waals surface area contributed by atoms with Crippen LogP contribution in [0.2, 0.25) is 5.02 Å². The zero-order valence-electron chi connectivity index (χ0n) is 20.0. The van der Waals surface area contributed by atoms with Crippen LogP contribution in [-0.4, -0.2) is 55.0 Å². The minimum absolute atomic E-state index is 0.00761. The average Bonchev–Trinajstić information content (AvgIpc) is 2.96. The Balaban J connectivity index is 1.66. The molecule has 2 aromatic carbocycles. The van der Waals surface area contributed by atoms with Gasteiger partial charge in [-0.1, -0.05) is 44.5 Å². The largest absolute Gasteiger partial charge is 0.350 e. The molecule has 0 saturated carbocycles. The van der Waals surface area contributed by atoms with Gasteiger partial charge in [0.15, 0.2) is 0 Å². The molecular formula is C26H37ClN4O2. The van der Waals surface area contributed by atoms with Gasteiger partial charge in [-0.2, -0.15) is 0 Å².